The Hall–Kier alpha value is -0.570. The second-order valence-electron chi connectivity index (χ2n) is 2.00. The van der Waals surface area contributed by atoms with E-state index >= 15 is 0 Å². The molecule has 0 atom stereocenters. The quantitative estimate of drug-likeness (QED) is 0.453. The highest BCUT2D eigenvalue weighted by molar-refractivity contribution is 5.72. The zero-order valence-electron chi connectivity index (χ0n) is 5.30. The van der Waals surface area contributed by atoms with E-state index in [1.807, 2.05) is 4.90 Å². The number of cyclic esters (lactones) is 1. The zero-order chi connectivity index (χ0) is 6.69. The van der Waals surface area contributed by atoms with Gasteiger partial charge in [-0.1, -0.05) is 0 Å². The van der Waals surface area contributed by atoms with Gasteiger partial charge in [0.2, 0.25) is 0 Å². The number of rotatable bonds is 1. The van der Waals surface area contributed by atoms with Crippen LogP contribution in [0.4, 0.5) is 0 Å². The molecule has 0 spiro atoms. The Kier molecular flexibility index (Phi) is 2.05. The maximum Gasteiger partial charge on any atom is 0.320 e. The summed E-state index contributed by atoms with van der Waals surface area (Å²) in [6.07, 6.45) is 0. The summed E-state index contributed by atoms with van der Waals surface area (Å²) in [4.78, 5) is 12.5. The Labute approximate surface area is 54.6 Å². The molecule has 0 aliphatic carbocycles. The summed E-state index contributed by atoms with van der Waals surface area (Å²) in [5.74, 6) is -0.134. The normalized spacial score (nSPS) is 21.7. The SMILES string of the molecule is [CH2]CN1CCOC(=O)C1. The summed E-state index contributed by atoms with van der Waals surface area (Å²) in [6.45, 7) is 6.11. The van der Waals surface area contributed by atoms with Crippen molar-refractivity contribution in [3.63, 3.8) is 0 Å². The van der Waals surface area contributed by atoms with Crippen LogP contribution in [0.15, 0.2) is 0 Å². The van der Waals surface area contributed by atoms with Gasteiger partial charge in [0.15, 0.2) is 0 Å². The molecule has 0 N–H and O–H groups in total. The lowest BCUT2D eigenvalue weighted by atomic mass is 10.4. The zero-order valence-corrected chi connectivity index (χ0v) is 5.30. The summed E-state index contributed by atoms with van der Waals surface area (Å²) < 4.78 is 4.70. The fourth-order valence-corrected chi connectivity index (χ4v) is 0.787. The van der Waals surface area contributed by atoms with Gasteiger partial charge in [-0.2, -0.15) is 0 Å². The van der Waals surface area contributed by atoms with Gasteiger partial charge in [0, 0.05) is 6.54 Å². The highest BCUT2D eigenvalue weighted by atomic mass is 16.5. The van der Waals surface area contributed by atoms with E-state index in [1.54, 1.807) is 0 Å². The average Bonchev–Trinajstić information content (AvgIpc) is 1.88. The highest BCUT2D eigenvalue weighted by Crippen LogP contribution is 1.95. The maximum absolute atomic E-state index is 10.5. The number of nitrogens with zero attached hydrogens (tertiary/aromatic N) is 1. The van der Waals surface area contributed by atoms with Crippen LogP contribution in [-0.2, 0) is 9.53 Å². The summed E-state index contributed by atoms with van der Waals surface area (Å²) in [7, 11) is 0. The van der Waals surface area contributed by atoms with Crippen molar-refractivity contribution in [2.45, 2.75) is 0 Å². The van der Waals surface area contributed by atoms with E-state index in [4.69, 9.17) is 4.74 Å². The Morgan fingerprint density at radius 1 is 1.78 bits per heavy atom. The topological polar surface area (TPSA) is 29.5 Å². The fourth-order valence-electron chi connectivity index (χ4n) is 0.787. The minimum absolute atomic E-state index is 0.134. The number of ether oxygens (including phenoxy) is 1. The van der Waals surface area contributed by atoms with Crippen molar-refractivity contribution in [2.24, 2.45) is 0 Å². The molecule has 0 amide bonds. The van der Waals surface area contributed by atoms with Gasteiger partial charge in [-0.3, -0.25) is 9.69 Å². The Balaban J connectivity index is 2.32. The molecule has 0 bridgehead atoms. The van der Waals surface area contributed by atoms with E-state index in [9.17, 15) is 4.79 Å². The van der Waals surface area contributed by atoms with Crippen LogP contribution in [0.3, 0.4) is 0 Å². The first-order valence-corrected chi connectivity index (χ1v) is 3.00. The lowest BCUT2D eigenvalue weighted by Gasteiger charge is -2.23. The third-order valence-corrected chi connectivity index (χ3v) is 1.34. The van der Waals surface area contributed by atoms with E-state index in [0.29, 0.717) is 19.7 Å². The van der Waals surface area contributed by atoms with Crippen molar-refractivity contribution in [3.05, 3.63) is 6.92 Å². The van der Waals surface area contributed by atoms with Crippen molar-refractivity contribution in [1.29, 1.82) is 0 Å². The Bertz CT molecular complexity index is 114. The van der Waals surface area contributed by atoms with Crippen LogP contribution < -0.4 is 0 Å². The molecule has 1 radical (unpaired) electrons. The number of carbonyl (C=O) groups is 1. The Morgan fingerprint density at radius 3 is 3.00 bits per heavy atom. The molecule has 3 heteroatoms. The predicted octanol–water partition coefficient (Wildman–Crippen LogP) is -0.321. The highest BCUT2D eigenvalue weighted by Gasteiger charge is 2.14. The van der Waals surface area contributed by atoms with Crippen LogP contribution in [0.1, 0.15) is 0 Å². The van der Waals surface area contributed by atoms with Crippen molar-refractivity contribution < 1.29 is 9.53 Å². The Morgan fingerprint density at radius 2 is 2.56 bits per heavy atom. The van der Waals surface area contributed by atoms with E-state index in [-0.39, 0.29) is 5.97 Å². The lowest BCUT2D eigenvalue weighted by Crippen LogP contribution is -2.39. The maximum atomic E-state index is 10.5. The summed E-state index contributed by atoms with van der Waals surface area (Å²) in [5.41, 5.74) is 0. The molecule has 0 aromatic rings. The molecule has 1 aliphatic heterocycles. The van der Waals surface area contributed by atoms with E-state index in [0.717, 1.165) is 6.54 Å². The molecule has 1 fully saturated rings. The molecule has 0 saturated carbocycles. The van der Waals surface area contributed by atoms with Gasteiger partial charge < -0.3 is 4.74 Å². The third-order valence-electron chi connectivity index (χ3n) is 1.34. The van der Waals surface area contributed by atoms with Crippen LogP contribution in [0.25, 0.3) is 0 Å². The van der Waals surface area contributed by atoms with Crippen molar-refractivity contribution in [2.75, 3.05) is 26.2 Å². The van der Waals surface area contributed by atoms with Gasteiger partial charge in [-0.25, -0.2) is 0 Å². The van der Waals surface area contributed by atoms with Gasteiger partial charge in [0.1, 0.15) is 6.61 Å². The number of hydrogen-bond acceptors (Lipinski definition) is 3. The average molecular weight is 128 g/mol. The molecule has 1 rings (SSSR count). The molecule has 51 valence electrons. The minimum atomic E-state index is -0.134. The first-order chi connectivity index (χ1) is 4.33. The predicted molar refractivity (Wildman–Crippen MR) is 32.8 cm³/mol. The molecule has 0 unspecified atom stereocenters. The van der Waals surface area contributed by atoms with Crippen molar-refractivity contribution in [3.8, 4) is 0 Å². The van der Waals surface area contributed by atoms with Crippen LogP contribution in [0.2, 0.25) is 0 Å². The van der Waals surface area contributed by atoms with E-state index < -0.39 is 0 Å². The molecule has 1 saturated heterocycles. The van der Waals surface area contributed by atoms with Crippen LogP contribution >= 0.6 is 0 Å². The standard InChI is InChI=1S/C6H10NO2/c1-2-7-3-4-9-6(8)5-7/h1-5H2. The molecule has 1 heterocycles. The first-order valence-electron chi connectivity index (χ1n) is 3.00. The molecule has 1 aliphatic rings. The molecule has 0 aromatic carbocycles. The molecular weight excluding hydrogens is 118 g/mol. The van der Waals surface area contributed by atoms with E-state index in [1.165, 1.54) is 0 Å². The van der Waals surface area contributed by atoms with Crippen LogP contribution in [0.5, 0.6) is 0 Å². The van der Waals surface area contributed by atoms with Gasteiger partial charge in [-0.05, 0) is 13.5 Å². The molecule has 0 aromatic heterocycles. The van der Waals surface area contributed by atoms with Gasteiger partial charge >= 0.3 is 5.97 Å². The monoisotopic (exact) mass is 128 g/mol. The van der Waals surface area contributed by atoms with Crippen LogP contribution in [-0.4, -0.2) is 37.1 Å². The van der Waals surface area contributed by atoms with Crippen molar-refractivity contribution >= 4 is 5.97 Å². The minimum Gasteiger partial charge on any atom is -0.463 e. The van der Waals surface area contributed by atoms with Crippen molar-refractivity contribution in [1.82, 2.24) is 4.90 Å². The molecule has 9 heavy (non-hydrogen) atoms. The van der Waals surface area contributed by atoms with Crippen LogP contribution in [0, 0.1) is 6.92 Å². The van der Waals surface area contributed by atoms with Gasteiger partial charge in [-0.15, -0.1) is 0 Å². The number of carbonyl (C=O) groups excluding carboxylic acids is 1. The number of hydrogen-bond donors (Lipinski definition) is 0. The second kappa shape index (κ2) is 2.82. The summed E-state index contributed by atoms with van der Waals surface area (Å²) in [5, 5.41) is 0. The number of esters is 1. The lowest BCUT2D eigenvalue weighted by molar-refractivity contribution is -0.150. The fraction of sp³-hybridized carbons (Fsp3) is 0.667. The molecule has 3 nitrogen and oxygen atoms in total. The van der Waals surface area contributed by atoms with Gasteiger partial charge in [0.05, 0.1) is 6.54 Å². The number of morpholine rings is 1. The third kappa shape index (κ3) is 1.68. The van der Waals surface area contributed by atoms with E-state index in [2.05, 4.69) is 6.92 Å². The smallest absolute Gasteiger partial charge is 0.320 e. The second-order valence-corrected chi connectivity index (χ2v) is 2.00. The van der Waals surface area contributed by atoms with Gasteiger partial charge in [0.25, 0.3) is 0 Å². The summed E-state index contributed by atoms with van der Waals surface area (Å²) >= 11 is 0. The molecular formula is C6H10NO2. The first kappa shape index (κ1) is 6.55. The largest absolute Gasteiger partial charge is 0.463 e. The summed E-state index contributed by atoms with van der Waals surface area (Å²) in [6, 6.07) is 0.